The minimum Gasteiger partial charge on any atom is -0.257 e. The number of rotatable bonds is 1. The number of hydrogen-bond acceptors (Lipinski definition) is 0. The lowest BCUT2D eigenvalue weighted by Crippen LogP contribution is -2.24. The zero-order valence-electron chi connectivity index (χ0n) is 6.24. The standard InChI is InChI=1S/C8H16N/c1-8(7-9)5-3-2-4-6-8/h9H,2-7H2,1H3. The Labute approximate surface area is 57.6 Å². The lowest BCUT2D eigenvalue weighted by molar-refractivity contribution is 0.223. The first kappa shape index (κ1) is 7.07. The highest BCUT2D eigenvalue weighted by Gasteiger charge is 2.24. The van der Waals surface area contributed by atoms with Gasteiger partial charge in [-0.3, -0.25) is 5.73 Å². The van der Waals surface area contributed by atoms with E-state index in [4.69, 9.17) is 5.73 Å². The van der Waals surface area contributed by atoms with Crippen LogP contribution in [0.1, 0.15) is 39.0 Å². The third kappa shape index (κ3) is 1.68. The average Bonchev–Trinajstić information content (AvgIpc) is 1.90. The third-order valence-electron chi connectivity index (χ3n) is 2.49. The molecular formula is C8H16N. The van der Waals surface area contributed by atoms with Crippen LogP contribution in [0.25, 0.3) is 0 Å². The van der Waals surface area contributed by atoms with Crippen molar-refractivity contribution in [3.8, 4) is 0 Å². The Balaban J connectivity index is 2.37. The van der Waals surface area contributed by atoms with Crippen LogP contribution in [0.15, 0.2) is 0 Å². The summed E-state index contributed by atoms with van der Waals surface area (Å²) in [5, 5.41) is 0. The Morgan fingerprint density at radius 3 is 2.11 bits per heavy atom. The molecule has 1 rings (SSSR count). The molecule has 1 N–H and O–H groups in total. The Bertz CT molecular complexity index is 82.6. The lowest BCUT2D eigenvalue weighted by atomic mass is 9.76. The molecule has 0 heterocycles. The molecule has 0 aromatic carbocycles. The summed E-state index contributed by atoms with van der Waals surface area (Å²) in [6, 6.07) is 0. The average molecular weight is 126 g/mol. The van der Waals surface area contributed by atoms with Gasteiger partial charge in [0.25, 0.3) is 0 Å². The molecule has 0 spiro atoms. The van der Waals surface area contributed by atoms with E-state index >= 15 is 0 Å². The Hall–Kier alpha value is -0.0400. The summed E-state index contributed by atoms with van der Waals surface area (Å²) in [6.07, 6.45) is 6.69. The van der Waals surface area contributed by atoms with Crippen molar-refractivity contribution in [1.29, 1.82) is 0 Å². The largest absolute Gasteiger partial charge is 0.257 e. The van der Waals surface area contributed by atoms with Gasteiger partial charge in [-0.05, 0) is 18.3 Å². The van der Waals surface area contributed by atoms with Crippen LogP contribution in [0.3, 0.4) is 0 Å². The summed E-state index contributed by atoms with van der Waals surface area (Å²) >= 11 is 0. The third-order valence-corrected chi connectivity index (χ3v) is 2.49. The number of nitrogens with one attached hydrogen (secondary N) is 1. The van der Waals surface area contributed by atoms with E-state index in [0.717, 1.165) is 0 Å². The normalized spacial score (nSPS) is 26.0. The van der Waals surface area contributed by atoms with E-state index in [1.807, 2.05) is 0 Å². The van der Waals surface area contributed by atoms with E-state index in [2.05, 4.69) is 6.92 Å². The van der Waals surface area contributed by atoms with Gasteiger partial charge in [-0.1, -0.05) is 26.2 Å². The molecular weight excluding hydrogens is 110 g/mol. The fourth-order valence-electron chi connectivity index (χ4n) is 1.58. The van der Waals surface area contributed by atoms with E-state index in [1.165, 1.54) is 32.1 Å². The fraction of sp³-hybridized carbons (Fsp3) is 1.00. The molecule has 53 valence electrons. The summed E-state index contributed by atoms with van der Waals surface area (Å²) in [5.41, 5.74) is 7.68. The van der Waals surface area contributed by atoms with E-state index in [0.29, 0.717) is 12.0 Å². The molecule has 1 aliphatic carbocycles. The van der Waals surface area contributed by atoms with Gasteiger partial charge >= 0.3 is 0 Å². The molecule has 1 fully saturated rings. The van der Waals surface area contributed by atoms with E-state index in [1.54, 1.807) is 0 Å². The van der Waals surface area contributed by atoms with Crippen LogP contribution in [0, 0.1) is 5.41 Å². The van der Waals surface area contributed by atoms with Gasteiger partial charge in [-0.2, -0.15) is 0 Å². The molecule has 0 saturated heterocycles. The van der Waals surface area contributed by atoms with Crippen molar-refractivity contribution in [2.24, 2.45) is 5.41 Å². The van der Waals surface area contributed by atoms with E-state index < -0.39 is 0 Å². The zero-order valence-corrected chi connectivity index (χ0v) is 6.24. The second kappa shape index (κ2) is 2.70. The maximum Gasteiger partial charge on any atom is 0.0154 e. The van der Waals surface area contributed by atoms with Crippen molar-refractivity contribution in [2.45, 2.75) is 39.0 Å². The van der Waals surface area contributed by atoms with Gasteiger partial charge in [0, 0.05) is 6.54 Å². The van der Waals surface area contributed by atoms with Crippen molar-refractivity contribution in [3.63, 3.8) is 0 Å². The van der Waals surface area contributed by atoms with Gasteiger partial charge in [0.05, 0.1) is 0 Å². The smallest absolute Gasteiger partial charge is 0.0154 e. The minimum atomic E-state index is 0.387. The molecule has 0 atom stereocenters. The van der Waals surface area contributed by atoms with E-state index in [-0.39, 0.29) is 0 Å². The molecule has 0 unspecified atom stereocenters. The highest BCUT2D eigenvalue weighted by Crippen LogP contribution is 2.34. The predicted octanol–water partition coefficient (Wildman–Crippen LogP) is 2.24. The fourth-order valence-corrected chi connectivity index (χ4v) is 1.58. The Morgan fingerprint density at radius 2 is 1.78 bits per heavy atom. The van der Waals surface area contributed by atoms with Crippen molar-refractivity contribution < 1.29 is 0 Å². The Morgan fingerprint density at radius 1 is 1.22 bits per heavy atom. The summed E-state index contributed by atoms with van der Waals surface area (Å²) in [4.78, 5) is 0. The van der Waals surface area contributed by atoms with Gasteiger partial charge in [0.2, 0.25) is 0 Å². The summed E-state index contributed by atoms with van der Waals surface area (Å²) < 4.78 is 0. The van der Waals surface area contributed by atoms with Gasteiger partial charge in [-0.15, -0.1) is 0 Å². The van der Waals surface area contributed by atoms with Crippen LogP contribution in [0.5, 0.6) is 0 Å². The van der Waals surface area contributed by atoms with Crippen molar-refractivity contribution >= 4 is 0 Å². The first-order chi connectivity index (χ1) is 4.27. The Kier molecular flexibility index (Phi) is 2.12. The second-order valence-corrected chi connectivity index (χ2v) is 3.55. The number of hydrogen-bond donors (Lipinski definition) is 0. The highest BCUT2D eigenvalue weighted by molar-refractivity contribution is 4.78. The van der Waals surface area contributed by atoms with Crippen LogP contribution < -0.4 is 5.73 Å². The van der Waals surface area contributed by atoms with Crippen LogP contribution in [-0.2, 0) is 0 Å². The second-order valence-electron chi connectivity index (χ2n) is 3.55. The molecule has 1 aliphatic rings. The van der Waals surface area contributed by atoms with Crippen molar-refractivity contribution in [1.82, 2.24) is 5.73 Å². The van der Waals surface area contributed by atoms with Gasteiger partial charge in [0.1, 0.15) is 0 Å². The van der Waals surface area contributed by atoms with Gasteiger partial charge in [-0.25, -0.2) is 0 Å². The first-order valence-electron chi connectivity index (χ1n) is 3.91. The van der Waals surface area contributed by atoms with Crippen LogP contribution in [-0.4, -0.2) is 6.54 Å². The maximum atomic E-state index is 7.29. The lowest BCUT2D eigenvalue weighted by Gasteiger charge is -2.31. The van der Waals surface area contributed by atoms with Crippen LogP contribution in [0.2, 0.25) is 0 Å². The molecule has 0 amide bonds. The van der Waals surface area contributed by atoms with Crippen LogP contribution >= 0.6 is 0 Å². The van der Waals surface area contributed by atoms with Crippen LogP contribution in [0.4, 0.5) is 0 Å². The molecule has 0 aromatic rings. The van der Waals surface area contributed by atoms with Gasteiger partial charge < -0.3 is 0 Å². The maximum absolute atomic E-state index is 7.29. The molecule has 0 aliphatic heterocycles. The monoisotopic (exact) mass is 126 g/mol. The quantitative estimate of drug-likeness (QED) is 0.514. The van der Waals surface area contributed by atoms with Crippen molar-refractivity contribution in [2.75, 3.05) is 6.54 Å². The topological polar surface area (TPSA) is 23.8 Å². The van der Waals surface area contributed by atoms with E-state index in [9.17, 15) is 0 Å². The summed E-state index contributed by atoms with van der Waals surface area (Å²) in [7, 11) is 0. The summed E-state index contributed by atoms with van der Waals surface area (Å²) in [5.74, 6) is 0. The molecule has 1 saturated carbocycles. The predicted molar refractivity (Wildman–Crippen MR) is 39.2 cm³/mol. The zero-order chi connectivity index (χ0) is 6.74. The van der Waals surface area contributed by atoms with Gasteiger partial charge in [0.15, 0.2) is 0 Å². The summed E-state index contributed by atoms with van der Waals surface area (Å²) in [6.45, 7) is 2.88. The molecule has 1 nitrogen and oxygen atoms in total. The molecule has 0 bridgehead atoms. The highest BCUT2D eigenvalue weighted by atomic mass is 14.6. The first-order valence-corrected chi connectivity index (χ1v) is 3.91. The molecule has 9 heavy (non-hydrogen) atoms. The molecule has 1 heteroatoms. The molecule has 0 aromatic heterocycles. The SMILES string of the molecule is CC1(C[NH])CCCCC1. The molecule has 1 radical (unpaired) electrons. The minimum absolute atomic E-state index is 0.387. The van der Waals surface area contributed by atoms with Crippen molar-refractivity contribution in [3.05, 3.63) is 0 Å².